The molecule has 1 aliphatic heterocycles. The fraction of sp³-hybridized carbons (Fsp3) is 0.214. The van der Waals surface area contributed by atoms with E-state index in [2.05, 4.69) is 0 Å². The monoisotopic (exact) mass is 491 g/mol. The van der Waals surface area contributed by atoms with Crippen LogP contribution in [0, 0.1) is 11.6 Å². The number of ether oxygens (including phenoxy) is 2. The van der Waals surface area contributed by atoms with E-state index < -0.39 is 29.0 Å². The molecule has 1 unspecified atom stereocenters. The molecule has 1 atom stereocenters. The first kappa shape index (κ1) is 23.5. The minimum atomic E-state index is -0.915. The quantitative estimate of drug-likeness (QED) is 0.317. The van der Waals surface area contributed by atoms with Crippen LogP contribution in [0.25, 0.3) is 11.0 Å². The van der Waals surface area contributed by atoms with Crippen LogP contribution in [-0.4, -0.2) is 19.1 Å². The summed E-state index contributed by atoms with van der Waals surface area (Å²) in [6.45, 7) is 4.69. The molecule has 6 nitrogen and oxygen atoms in total. The molecule has 4 aromatic rings. The first-order valence-corrected chi connectivity index (χ1v) is 11.7. The number of amides is 1. The predicted octanol–water partition coefficient (Wildman–Crippen LogP) is 6.01. The van der Waals surface area contributed by atoms with Crippen LogP contribution in [0.3, 0.4) is 0 Å². The van der Waals surface area contributed by atoms with Gasteiger partial charge >= 0.3 is 0 Å². The molecule has 1 amide bonds. The van der Waals surface area contributed by atoms with E-state index in [1.165, 1.54) is 35.2 Å². The van der Waals surface area contributed by atoms with Gasteiger partial charge in [-0.15, -0.1) is 0 Å². The van der Waals surface area contributed by atoms with Gasteiger partial charge in [-0.25, -0.2) is 8.78 Å². The molecular formula is C28H23F2NO5. The molecule has 0 radical (unpaired) electrons. The van der Waals surface area contributed by atoms with Gasteiger partial charge in [0.1, 0.15) is 17.2 Å². The second-order valence-electron chi connectivity index (χ2n) is 8.36. The highest BCUT2D eigenvalue weighted by molar-refractivity contribution is 6.10. The largest absolute Gasteiger partial charge is 0.490 e. The van der Waals surface area contributed by atoms with E-state index in [1.807, 2.05) is 13.8 Å². The van der Waals surface area contributed by atoms with Gasteiger partial charge in [0, 0.05) is 5.69 Å². The summed E-state index contributed by atoms with van der Waals surface area (Å²) in [6, 6.07) is 13.2. The Bertz CT molecular complexity index is 1510. The minimum absolute atomic E-state index is 0.0282. The number of rotatable bonds is 7. The number of carbonyl (C=O) groups is 1. The molecule has 8 heteroatoms. The highest BCUT2D eigenvalue weighted by Crippen LogP contribution is 2.43. The van der Waals surface area contributed by atoms with E-state index in [9.17, 15) is 18.4 Å². The fourth-order valence-corrected chi connectivity index (χ4v) is 4.42. The molecule has 0 N–H and O–H groups in total. The van der Waals surface area contributed by atoms with Crippen LogP contribution in [0.5, 0.6) is 11.5 Å². The molecule has 0 aliphatic carbocycles. The van der Waals surface area contributed by atoms with Gasteiger partial charge in [0.05, 0.1) is 30.2 Å². The van der Waals surface area contributed by atoms with E-state index in [-0.39, 0.29) is 22.3 Å². The van der Waals surface area contributed by atoms with Gasteiger partial charge < -0.3 is 13.9 Å². The third-order valence-corrected chi connectivity index (χ3v) is 5.98. The number of benzene rings is 3. The van der Waals surface area contributed by atoms with E-state index in [1.54, 1.807) is 18.2 Å². The van der Waals surface area contributed by atoms with Gasteiger partial charge in [-0.2, -0.15) is 0 Å². The maximum absolute atomic E-state index is 14.0. The highest BCUT2D eigenvalue weighted by atomic mass is 19.1. The molecule has 5 rings (SSSR count). The van der Waals surface area contributed by atoms with Crippen LogP contribution in [-0.2, 0) is 0 Å². The number of carbonyl (C=O) groups excluding carboxylic acids is 1. The molecule has 36 heavy (non-hydrogen) atoms. The van der Waals surface area contributed by atoms with Gasteiger partial charge in [-0.05, 0) is 73.5 Å². The molecule has 3 aromatic carbocycles. The van der Waals surface area contributed by atoms with E-state index in [0.29, 0.717) is 36.0 Å². The van der Waals surface area contributed by atoms with Crippen LogP contribution in [0.4, 0.5) is 14.5 Å². The van der Waals surface area contributed by atoms with Crippen LogP contribution in [0.2, 0.25) is 0 Å². The molecule has 0 fully saturated rings. The summed E-state index contributed by atoms with van der Waals surface area (Å²) >= 11 is 0. The lowest BCUT2D eigenvalue weighted by atomic mass is 9.97. The van der Waals surface area contributed by atoms with Gasteiger partial charge in [0.15, 0.2) is 16.9 Å². The van der Waals surface area contributed by atoms with Crippen molar-refractivity contribution in [1.82, 2.24) is 0 Å². The Kier molecular flexibility index (Phi) is 6.18. The summed E-state index contributed by atoms with van der Waals surface area (Å²) in [5, 5.41) is 0.0282. The fourth-order valence-electron chi connectivity index (χ4n) is 4.42. The molecule has 0 spiro atoms. The number of hydrogen-bond donors (Lipinski definition) is 0. The van der Waals surface area contributed by atoms with Crippen molar-refractivity contribution in [2.75, 3.05) is 18.1 Å². The summed E-state index contributed by atoms with van der Waals surface area (Å²) in [6.07, 6.45) is 0.806. The first-order valence-electron chi connectivity index (χ1n) is 11.7. The minimum Gasteiger partial charge on any atom is -0.490 e. The zero-order valence-corrected chi connectivity index (χ0v) is 19.7. The third kappa shape index (κ3) is 3.98. The summed E-state index contributed by atoms with van der Waals surface area (Å²) in [4.78, 5) is 28.6. The van der Waals surface area contributed by atoms with Gasteiger partial charge in [-0.3, -0.25) is 14.5 Å². The molecular weight excluding hydrogens is 468 g/mol. The van der Waals surface area contributed by atoms with Crippen LogP contribution >= 0.6 is 0 Å². The Morgan fingerprint density at radius 2 is 1.64 bits per heavy atom. The number of hydrogen-bond acceptors (Lipinski definition) is 5. The van der Waals surface area contributed by atoms with Crippen molar-refractivity contribution in [2.24, 2.45) is 0 Å². The van der Waals surface area contributed by atoms with Crippen molar-refractivity contribution in [3.05, 3.63) is 99.4 Å². The average Bonchev–Trinajstić information content (AvgIpc) is 3.17. The third-order valence-electron chi connectivity index (χ3n) is 5.98. The molecule has 1 aromatic heterocycles. The number of anilines is 1. The summed E-state index contributed by atoms with van der Waals surface area (Å²) in [5.74, 6) is -0.771. The maximum Gasteiger partial charge on any atom is 0.295 e. The van der Waals surface area contributed by atoms with Crippen molar-refractivity contribution in [2.45, 2.75) is 26.3 Å². The lowest BCUT2D eigenvalue weighted by Gasteiger charge is -2.26. The van der Waals surface area contributed by atoms with E-state index in [4.69, 9.17) is 13.9 Å². The number of halogens is 2. The molecule has 1 aliphatic rings. The molecule has 0 saturated carbocycles. The van der Waals surface area contributed by atoms with Gasteiger partial charge in [0.25, 0.3) is 5.91 Å². The first-order chi connectivity index (χ1) is 17.4. The second kappa shape index (κ2) is 9.45. The zero-order valence-electron chi connectivity index (χ0n) is 19.7. The molecule has 0 bridgehead atoms. The maximum atomic E-state index is 14.0. The van der Waals surface area contributed by atoms with Crippen molar-refractivity contribution >= 4 is 22.6 Å². The molecule has 2 heterocycles. The number of fused-ring (bicyclic) bond motifs is 2. The van der Waals surface area contributed by atoms with E-state index in [0.717, 1.165) is 18.6 Å². The van der Waals surface area contributed by atoms with Crippen molar-refractivity contribution in [1.29, 1.82) is 0 Å². The predicted molar refractivity (Wildman–Crippen MR) is 131 cm³/mol. The van der Waals surface area contributed by atoms with Gasteiger partial charge in [-0.1, -0.05) is 13.0 Å². The average molecular weight is 491 g/mol. The SMILES string of the molecule is CCCOc1ccc(C2c3c(oc4ccc(F)cc4c3=O)C(=O)N2c2ccc(F)cc2)cc1OCC. The summed E-state index contributed by atoms with van der Waals surface area (Å²) in [5.41, 5.74) is 0.593. The Labute approximate surface area is 205 Å². The highest BCUT2D eigenvalue weighted by Gasteiger charge is 2.44. The molecule has 0 saturated heterocycles. The standard InChI is InChI=1S/C28H23F2NO5/c1-3-13-35-22-11-5-16(14-23(22)34-4-2)25-24-26(32)20-15-18(30)8-12-21(20)36-27(24)28(33)31(25)19-9-6-17(29)7-10-19/h5-12,14-15,25H,3-4,13H2,1-2H3. The lowest BCUT2D eigenvalue weighted by Crippen LogP contribution is -2.29. The lowest BCUT2D eigenvalue weighted by molar-refractivity contribution is 0.0971. The smallest absolute Gasteiger partial charge is 0.295 e. The zero-order chi connectivity index (χ0) is 25.4. The normalized spacial score (nSPS) is 14.8. The molecule has 184 valence electrons. The topological polar surface area (TPSA) is 69.0 Å². The van der Waals surface area contributed by atoms with E-state index >= 15 is 0 Å². The van der Waals surface area contributed by atoms with Gasteiger partial charge in [0.2, 0.25) is 5.76 Å². The number of nitrogens with zero attached hydrogens (tertiary/aromatic N) is 1. The summed E-state index contributed by atoms with van der Waals surface area (Å²) < 4.78 is 45.1. The van der Waals surface area contributed by atoms with Crippen molar-refractivity contribution in [3.8, 4) is 11.5 Å². The van der Waals surface area contributed by atoms with Crippen molar-refractivity contribution < 1.29 is 27.5 Å². The Morgan fingerprint density at radius 1 is 0.889 bits per heavy atom. The second-order valence-corrected chi connectivity index (χ2v) is 8.36. The van der Waals surface area contributed by atoms with Crippen LogP contribution in [0.15, 0.2) is 69.9 Å². The summed E-state index contributed by atoms with van der Waals surface area (Å²) in [7, 11) is 0. The Balaban J connectivity index is 1.75. The Morgan fingerprint density at radius 3 is 2.36 bits per heavy atom. The Hall–Kier alpha value is -4.20. The van der Waals surface area contributed by atoms with Crippen LogP contribution in [0.1, 0.15) is 48.0 Å². The van der Waals surface area contributed by atoms with Crippen LogP contribution < -0.4 is 19.8 Å². The van der Waals surface area contributed by atoms with Crippen molar-refractivity contribution in [3.63, 3.8) is 0 Å².